The Bertz CT molecular complexity index is 760. The lowest BCUT2D eigenvalue weighted by atomic mass is 10.2. The van der Waals surface area contributed by atoms with Gasteiger partial charge in [0.05, 0.1) is 13.1 Å². The summed E-state index contributed by atoms with van der Waals surface area (Å²) in [6, 6.07) is 8.00. The molecule has 0 aliphatic heterocycles. The average Bonchev–Trinajstić information content (AvgIpc) is 3.31. The van der Waals surface area contributed by atoms with E-state index in [0.717, 1.165) is 17.7 Å². The Morgan fingerprint density at radius 3 is 2.73 bits per heavy atom. The van der Waals surface area contributed by atoms with E-state index in [0.29, 0.717) is 17.1 Å². The summed E-state index contributed by atoms with van der Waals surface area (Å²) in [5, 5.41) is 7.22. The van der Waals surface area contributed by atoms with E-state index in [1.165, 1.54) is 17.4 Å². The molecule has 1 aromatic carbocycles. The van der Waals surface area contributed by atoms with E-state index in [4.69, 9.17) is 11.6 Å². The second-order valence-electron chi connectivity index (χ2n) is 6.15. The summed E-state index contributed by atoms with van der Waals surface area (Å²) >= 11 is 7.61. The van der Waals surface area contributed by atoms with Crippen LogP contribution in [0.2, 0.25) is 5.02 Å². The van der Waals surface area contributed by atoms with Gasteiger partial charge in [0.15, 0.2) is 0 Å². The van der Waals surface area contributed by atoms with Gasteiger partial charge in [-0.05, 0) is 36.4 Å². The third-order valence-corrected chi connectivity index (χ3v) is 5.32. The Labute approximate surface area is 160 Å². The fourth-order valence-electron chi connectivity index (χ4n) is 2.62. The van der Waals surface area contributed by atoms with E-state index in [1.54, 1.807) is 12.1 Å². The van der Waals surface area contributed by atoms with E-state index in [2.05, 4.69) is 10.6 Å². The molecule has 138 valence electrons. The average molecular weight is 396 g/mol. The zero-order chi connectivity index (χ0) is 18.5. The van der Waals surface area contributed by atoms with Crippen molar-refractivity contribution >= 4 is 34.9 Å². The second-order valence-corrected chi connectivity index (χ2v) is 7.59. The third kappa shape index (κ3) is 5.27. The van der Waals surface area contributed by atoms with Crippen molar-refractivity contribution in [3.8, 4) is 0 Å². The van der Waals surface area contributed by atoms with Crippen LogP contribution in [0, 0.1) is 5.82 Å². The second kappa shape index (κ2) is 8.62. The van der Waals surface area contributed by atoms with E-state index < -0.39 is 17.8 Å². The Morgan fingerprint density at radius 2 is 2.08 bits per heavy atom. The lowest BCUT2D eigenvalue weighted by molar-refractivity contribution is -0.121. The molecule has 26 heavy (non-hydrogen) atoms. The minimum absolute atomic E-state index is 0.0156. The molecule has 1 aliphatic carbocycles. The number of nitrogens with zero attached hydrogens (tertiary/aromatic N) is 1. The van der Waals surface area contributed by atoms with Gasteiger partial charge < -0.3 is 5.32 Å². The highest BCUT2D eigenvalue weighted by Gasteiger charge is 2.31. The molecular weight excluding hydrogens is 377 g/mol. The number of thiophene rings is 1. The number of hydrogen-bond donors (Lipinski definition) is 2. The van der Waals surface area contributed by atoms with Crippen LogP contribution in [0.3, 0.4) is 0 Å². The minimum atomic E-state index is -0.539. The van der Waals surface area contributed by atoms with Gasteiger partial charge in [-0.15, -0.1) is 11.3 Å². The number of carbonyl (C=O) groups excluding carboxylic acids is 2. The van der Waals surface area contributed by atoms with Gasteiger partial charge in [0.2, 0.25) is 5.91 Å². The molecule has 0 unspecified atom stereocenters. The molecule has 2 aromatic rings. The first-order chi connectivity index (χ1) is 12.5. The van der Waals surface area contributed by atoms with Crippen LogP contribution in [0.15, 0.2) is 35.7 Å². The number of amides is 3. The fraction of sp³-hybridized carbons (Fsp3) is 0.333. The van der Waals surface area contributed by atoms with Gasteiger partial charge in [-0.25, -0.2) is 9.18 Å². The Kier molecular flexibility index (Phi) is 6.24. The van der Waals surface area contributed by atoms with Crippen LogP contribution in [0.25, 0.3) is 0 Å². The van der Waals surface area contributed by atoms with E-state index in [-0.39, 0.29) is 19.1 Å². The van der Waals surface area contributed by atoms with Crippen molar-refractivity contribution in [2.45, 2.75) is 32.0 Å². The molecule has 0 spiro atoms. The van der Waals surface area contributed by atoms with Gasteiger partial charge in [-0.2, -0.15) is 0 Å². The molecule has 1 heterocycles. The standard InChI is InChI=1S/C18H19ClFN3O2S/c19-15-4-1-5-16(20)14(15)10-23(12-6-7-12)11-17(24)22-18(25)21-9-13-3-2-8-26-13/h1-5,8,12H,6-7,9-11H2,(H2,21,22,24,25). The van der Waals surface area contributed by atoms with Crippen LogP contribution in [0.4, 0.5) is 9.18 Å². The van der Waals surface area contributed by atoms with Gasteiger partial charge in [-0.3, -0.25) is 15.0 Å². The first-order valence-electron chi connectivity index (χ1n) is 8.30. The van der Waals surface area contributed by atoms with E-state index in [1.807, 2.05) is 22.4 Å². The summed E-state index contributed by atoms with van der Waals surface area (Å²) < 4.78 is 14.0. The van der Waals surface area contributed by atoms with Crippen molar-refractivity contribution in [2.75, 3.05) is 6.54 Å². The first kappa shape index (κ1) is 18.8. The number of benzene rings is 1. The zero-order valence-electron chi connectivity index (χ0n) is 14.0. The number of carbonyl (C=O) groups is 2. The predicted molar refractivity (Wildman–Crippen MR) is 99.5 cm³/mol. The molecule has 8 heteroatoms. The van der Waals surface area contributed by atoms with Crippen molar-refractivity contribution in [3.63, 3.8) is 0 Å². The van der Waals surface area contributed by atoms with Crippen LogP contribution in [0.5, 0.6) is 0 Å². The lowest BCUT2D eigenvalue weighted by Crippen LogP contribution is -2.44. The molecule has 0 atom stereocenters. The monoisotopic (exact) mass is 395 g/mol. The van der Waals surface area contributed by atoms with Crippen LogP contribution < -0.4 is 10.6 Å². The molecule has 3 amide bonds. The molecule has 1 aromatic heterocycles. The number of nitrogens with one attached hydrogen (secondary N) is 2. The number of imide groups is 1. The topological polar surface area (TPSA) is 61.4 Å². The fourth-order valence-corrected chi connectivity index (χ4v) is 3.48. The molecule has 0 radical (unpaired) electrons. The smallest absolute Gasteiger partial charge is 0.321 e. The Hall–Kier alpha value is -1.96. The first-order valence-corrected chi connectivity index (χ1v) is 9.55. The maximum absolute atomic E-state index is 14.0. The number of urea groups is 1. The molecular formula is C18H19ClFN3O2S. The number of halogens is 2. The third-order valence-electron chi connectivity index (χ3n) is 4.09. The SMILES string of the molecule is O=C(CN(Cc1c(F)cccc1Cl)C1CC1)NC(=O)NCc1cccs1. The summed E-state index contributed by atoms with van der Waals surface area (Å²) in [6.45, 7) is 0.621. The quantitative estimate of drug-likeness (QED) is 0.753. The van der Waals surface area contributed by atoms with Gasteiger partial charge >= 0.3 is 6.03 Å². The lowest BCUT2D eigenvalue weighted by Gasteiger charge is -2.22. The summed E-state index contributed by atoms with van der Waals surface area (Å²) in [7, 11) is 0. The van der Waals surface area contributed by atoms with Crippen molar-refractivity contribution in [1.29, 1.82) is 0 Å². The maximum atomic E-state index is 14.0. The molecule has 1 saturated carbocycles. The van der Waals surface area contributed by atoms with E-state index >= 15 is 0 Å². The van der Waals surface area contributed by atoms with Crippen LogP contribution in [-0.2, 0) is 17.9 Å². The highest BCUT2D eigenvalue weighted by atomic mass is 35.5. The molecule has 1 fully saturated rings. The van der Waals surface area contributed by atoms with Gasteiger partial charge in [-0.1, -0.05) is 23.7 Å². The summed E-state index contributed by atoms with van der Waals surface area (Å²) in [5.41, 5.74) is 0.371. The highest BCUT2D eigenvalue weighted by Crippen LogP contribution is 2.30. The largest absolute Gasteiger partial charge is 0.333 e. The Balaban J connectivity index is 1.53. The summed E-state index contributed by atoms with van der Waals surface area (Å²) in [6.07, 6.45) is 1.90. The van der Waals surface area contributed by atoms with Crippen molar-refractivity contribution in [3.05, 3.63) is 57.0 Å². The molecule has 3 rings (SSSR count). The van der Waals surface area contributed by atoms with E-state index in [9.17, 15) is 14.0 Å². The van der Waals surface area contributed by atoms with Gasteiger partial charge in [0, 0.05) is 28.0 Å². The van der Waals surface area contributed by atoms with Crippen LogP contribution in [-0.4, -0.2) is 29.4 Å². The maximum Gasteiger partial charge on any atom is 0.321 e. The highest BCUT2D eigenvalue weighted by molar-refractivity contribution is 7.09. The Morgan fingerprint density at radius 1 is 1.27 bits per heavy atom. The number of hydrogen-bond acceptors (Lipinski definition) is 4. The van der Waals surface area contributed by atoms with Crippen LogP contribution in [0.1, 0.15) is 23.3 Å². The number of rotatable bonds is 7. The molecule has 2 N–H and O–H groups in total. The summed E-state index contributed by atoms with van der Waals surface area (Å²) in [5.74, 6) is -0.815. The molecule has 0 bridgehead atoms. The molecule has 5 nitrogen and oxygen atoms in total. The predicted octanol–water partition coefficient (Wildman–Crippen LogP) is 3.53. The van der Waals surface area contributed by atoms with Crippen molar-refractivity contribution in [2.24, 2.45) is 0 Å². The van der Waals surface area contributed by atoms with Crippen molar-refractivity contribution in [1.82, 2.24) is 15.5 Å². The normalized spacial score (nSPS) is 13.7. The van der Waals surface area contributed by atoms with Crippen molar-refractivity contribution < 1.29 is 14.0 Å². The molecule has 0 saturated heterocycles. The van der Waals surface area contributed by atoms with Crippen LogP contribution >= 0.6 is 22.9 Å². The summed E-state index contributed by atoms with van der Waals surface area (Å²) in [4.78, 5) is 26.9. The zero-order valence-corrected chi connectivity index (χ0v) is 15.6. The molecule has 1 aliphatic rings. The minimum Gasteiger partial charge on any atom is -0.333 e. The van der Waals surface area contributed by atoms with Gasteiger partial charge in [0.25, 0.3) is 0 Å². The van der Waals surface area contributed by atoms with Gasteiger partial charge in [0.1, 0.15) is 5.82 Å².